The molecule has 1 heterocycles. The van der Waals surface area contributed by atoms with Crippen LogP contribution in [0.3, 0.4) is 0 Å². The Labute approximate surface area is 119 Å². The van der Waals surface area contributed by atoms with Crippen LogP contribution in [0.5, 0.6) is 0 Å². The number of carbonyl (C=O) groups is 1. The van der Waals surface area contributed by atoms with E-state index in [9.17, 15) is 4.79 Å². The largest absolute Gasteiger partial charge is 0.379 e. The number of ether oxygens (including phenoxy) is 1. The van der Waals surface area contributed by atoms with Gasteiger partial charge in [0, 0.05) is 24.3 Å². The third-order valence-corrected chi connectivity index (χ3v) is 4.40. The smallest absolute Gasteiger partial charge is 0.239 e. The van der Waals surface area contributed by atoms with Gasteiger partial charge in [-0.2, -0.15) is 5.10 Å². The van der Waals surface area contributed by atoms with E-state index in [-0.39, 0.29) is 12.0 Å². The Morgan fingerprint density at radius 2 is 2.40 bits per heavy atom. The number of nitrogens with zero attached hydrogens (tertiary/aromatic N) is 2. The maximum absolute atomic E-state index is 10.9. The molecule has 3 N–H and O–H groups in total. The molecular formula is C14H24N4O2. The van der Waals surface area contributed by atoms with Crippen molar-refractivity contribution in [2.24, 2.45) is 11.1 Å². The minimum absolute atomic E-state index is 0.110. The van der Waals surface area contributed by atoms with Crippen LogP contribution in [0.4, 0.5) is 5.69 Å². The van der Waals surface area contributed by atoms with Crippen LogP contribution in [0.2, 0.25) is 0 Å². The van der Waals surface area contributed by atoms with Crippen LogP contribution < -0.4 is 11.1 Å². The first-order chi connectivity index (χ1) is 9.49. The summed E-state index contributed by atoms with van der Waals surface area (Å²) in [5.74, 6) is -0.391. The van der Waals surface area contributed by atoms with Crippen LogP contribution in [-0.2, 0) is 16.1 Å². The van der Waals surface area contributed by atoms with E-state index in [2.05, 4.69) is 24.3 Å². The third kappa shape index (κ3) is 2.80. The van der Waals surface area contributed by atoms with Crippen molar-refractivity contribution in [1.82, 2.24) is 9.78 Å². The van der Waals surface area contributed by atoms with Crippen molar-refractivity contribution >= 4 is 11.6 Å². The maximum atomic E-state index is 10.9. The van der Waals surface area contributed by atoms with Crippen molar-refractivity contribution in [3.8, 4) is 0 Å². The summed E-state index contributed by atoms with van der Waals surface area (Å²) < 4.78 is 7.34. The average Bonchev–Trinajstić information content (AvgIpc) is 2.83. The number of hydrogen-bond acceptors (Lipinski definition) is 4. The second kappa shape index (κ2) is 5.83. The normalized spacial score (nSPS) is 28.9. The fourth-order valence-corrected chi connectivity index (χ4v) is 2.86. The number of rotatable bonds is 7. The maximum Gasteiger partial charge on any atom is 0.239 e. The molecule has 3 atom stereocenters. The summed E-state index contributed by atoms with van der Waals surface area (Å²) in [7, 11) is 0. The molecule has 1 fully saturated rings. The van der Waals surface area contributed by atoms with Gasteiger partial charge >= 0.3 is 0 Å². The van der Waals surface area contributed by atoms with Gasteiger partial charge in [0.1, 0.15) is 6.54 Å². The molecule has 112 valence electrons. The Morgan fingerprint density at radius 3 is 3.00 bits per heavy atom. The van der Waals surface area contributed by atoms with E-state index in [1.807, 2.05) is 13.1 Å². The zero-order chi connectivity index (χ0) is 14.8. The van der Waals surface area contributed by atoms with Gasteiger partial charge in [-0.15, -0.1) is 0 Å². The van der Waals surface area contributed by atoms with Crippen molar-refractivity contribution in [3.05, 3.63) is 12.4 Å². The van der Waals surface area contributed by atoms with Crippen LogP contribution in [0.15, 0.2) is 12.4 Å². The highest BCUT2D eigenvalue weighted by molar-refractivity contribution is 5.73. The molecule has 20 heavy (non-hydrogen) atoms. The Hall–Kier alpha value is -1.56. The zero-order valence-electron chi connectivity index (χ0n) is 12.4. The van der Waals surface area contributed by atoms with E-state index >= 15 is 0 Å². The second-order valence-corrected chi connectivity index (χ2v) is 5.63. The number of carbonyl (C=O) groups excluding carboxylic acids is 1. The molecule has 0 bridgehead atoms. The number of nitrogens with two attached hydrogens (primary N) is 1. The van der Waals surface area contributed by atoms with Gasteiger partial charge in [0.15, 0.2) is 0 Å². The second-order valence-electron chi connectivity index (χ2n) is 5.63. The minimum Gasteiger partial charge on any atom is -0.379 e. The Morgan fingerprint density at radius 1 is 1.65 bits per heavy atom. The number of anilines is 1. The summed E-state index contributed by atoms with van der Waals surface area (Å²) in [6.07, 6.45) is 5.92. The van der Waals surface area contributed by atoms with Crippen LogP contribution >= 0.6 is 0 Å². The predicted molar refractivity (Wildman–Crippen MR) is 77.3 cm³/mol. The Bertz CT molecular complexity index is 473. The molecule has 0 radical (unpaired) electrons. The average molecular weight is 280 g/mol. The number of primary amides is 1. The standard InChI is InChI=1S/C14H24N4O2/c1-4-14(3)11(6-12(14)20-5-2)17-10-7-16-18(8-10)9-13(15)19/h7-8,11-12,17H,4-6,9H2,1-3H3,(H2,15,19). The highest BCUT2D eigenvalue weighted by atomic mass is 16.5. The van der Waals surface area contributed by atoms with Gasteiger partial charge in [-0.3, -0.25) is 9.48 Å². The molecule has 0 saturated heterocycles. The number of amides is 1. The van der Waals surface area contributed by atoms with Crippen molar-refractivity contribution < 1.29 is 9.53 Å². The third-order valence-electron chi connectivity index (χ3n) is 4.40. The molecule has 2 rings (SSSR count). The van der Waals surface area contributed by atoms with Crippen LogP contribution in [0.25, 0.3) is 0 Å². The molecule has 6 nitrogen and oxygen atoms in total. The van der Waals surface area contributed by atoms with E-state index in [0.29, 0.717) is 12.1 Å². The van der Waals surface area contributed by atoms with Gasteiger partial charge in [0.25, 0.3) is 0 Å². The van der Waals surface area contributed by atoms with Gasteiger partial charge in [0.05, 0.1) is 18.0 Å². The van der Waals surface area contributed by atoms with Gasteiger partial charge in [0.2, 0.25) is 5.91 Å². The highest BCUT2D eigenvalue weighted by Gasteiger charge is 2.51. The van der Waals surface area contributed by atoms with Gasteiger partial charge in [-0.05, 0) is 19.8 Å². The molecule has 0 aliphatic heterocycles. The molecular weight excluding hydrogens is 256 g/mol. The highest BCUT2D eigenvalue weighted by Crippen LogP contribution is 2.47. The molecule has 1 aliphatic carbocycles. The summed E-state index contributed by atoms with van der Waals surface area (Å²) in [4.78, 5) is 10.9. The summed E-state index contributed by atoms with van der Waals surface area (Å²) in [5.41, 5.74) is 6.21. The van der Waals surface area contributed by atoms with Crippen molar-refractivity contribution in [2.75, 3.05) is 11.9 Å². The summed E-state index contributed by atoms with van der Waals surface area (Å²) in [6, 6.07) is 0.371. The lowest BCUT2D eigenvalue weighted by molar-refractivity contribution is -0.118. The number of nitrogens with one attached hydrogen (secondary N) is 1. The molecule has 1 aliphatic rings. The molecule has 0 aromatic carbocycles. The summed E-state index contributed by atoms with van der Waals surface area (Å²) in [6.45, 7) is 7.34. The van der Waals surface area contributed by atoms with E-state index in [1.165, 1.54) is 0 Å². The monoisotopic (exact) mass is 280 g/mol. The molecule has 6 heteroatoms. The van der Waals surface area contributed by atoms with Gasteiger partial charge < -0.3 is 15.8 Å². The topological polar surface area (TPSA) is 82.2 Å². The molecule has 0 spiro atoms. The molecule has 1 amide bonds. The van der Waals surface area contributed by atoms with E-state index < -0.39 is 5.91 Å². The van der Waals surface area contributed by atoms with Gasteiger partial charge in [-0.1, -0.05) is 13.8 Å². The predicted octanol–water partition coefficient (Wildman–Crippen LogP) is 1.37. The van der Waals surface area contributed by atoms with E-state index in [0.717, 1.165) is 25.1 Å². The summed E-state index contributed by atoms with van der Waals surface area (Å²) >= 11 is 0. The van der Waals surface area contributed by atoms with Crippen LogP contribution in [-0.4, -0.2) is 34.4 Å². The van der Waals surface area contributed by atoms with Crippen LogP contribution in [0, 0.1) is 5.41 Å². The Balaban J connectivity index is 1.97. The quantitative estimate of drug-likeness (QED) is 0.790. The molecule has 3 unspecified atom stereocenters. The lowest BCUT2D eigenvalue weighted by atomic mass is 9.61. The number of aromatic nitrogens is 2. The first-order valence-corrected chi connectivity index (χ1v) is 7.18. The van der Waals surface area contributed by atoms with Crippen molar-refractivity contribution in [2.45, 2.75) is 52.3 Å². The van der Waals surface area contributed by atoms with Gasteiger partial charge in [-0.25, -0.2) is 0 Å². The molecule has 1 aromatic heterocycles. The number of hydrogen-bond donors (Lipinski definition) is 2. The Kier molecular flexibility index (Phi) is 4.32. The first-order valence-electron chi connectivity index (χ1n) is 7.18. The SMILES string of the molecule is CCOC1CC(Nc2cnn(CC(N)=O)c2)C1(C)CC. The fraction of sp³-hybridized carbons (Fsp3) is 0.714. The van der Waals surface area contributed by atoms with Crippen molar-refractivity contribution in [1.29, 1.82) is 0 Å². The fourth-order valence-electron chi connectivity index (χ4n) is 2.86. The van der Waals surface area contributed by atoms with Crippen LogP contribution in [0.1, 0.15) is 33.6 Å². The minimum atomic E-state index is -0.391. The lowest BCUT2D eigenvalue weighted by Crippen LogP contribution is -2.59. The van der Waals surface area contributed by atoms with Crippen molar-refractivity contribution in [3.63, 3.8) is 0 Å². The summed E-state index contributed by atoms with van der Waals surface area (Å²) in [5, 5.41) is 7.61. The zero-order valence-corrected chi connectivity index (χ0v) is 12.4. The first kappa shape index (κ1) is 14.8. The van der Waals surface area contributed by atoms with E-state index in [4.69, 9.17) is 10.5 Å². The lowest BCUT2D eigenvalue weighted by Gasteiger charge is -2.53. The van der Waals surface area contributed by atoms with E-state index in [1.54, 1.807) is 10.9 Å². The molecule has 1 aromatic rings. The molecule has 1 saturated carbocycles.